The quantitative estimate of drug-likeness (QED) is 0.684. The summed E-state index contributed by atoms with van der Waals surface area (Å²) in [6, 6.07) is 6.30. The van der Waals surface area contributed by atoms with Crippen LogP contribution in [0.15, 0.2) is 28.8 Å². The minimum Gasteiger partial charge on any atom is -0.441 e. The maximum atomic E-state index is 5.48. The lowest BCUT2D eigenvalue weighted by Gasteiger charge is -2.02. The van der Waals surface area contributed by atoms with Gasteiger partial charge in [-0.3, -0.25) is 0 Å². The molecule has 0 spiro atoms. The monoisotopic (exact) mass is 187 g/mol. The molecule has 2 rings (SSSR count). The second-order valence-corrected chi connectivity index (χ2v) is 3.56. The van der Waals surface area contributed by atoms with Crippen LogP contribution in [0.1, 0.15) is 17.0 Å². The van der Waals surface area contributed by atoms with Gasteiger partial charge in [0.15, 0.2) is 11.7 Å². The molecule has 1 heterocycles. The normalized spacial score (nSPS) is 10.5. The number of hydrogen-bond donors (Lipinski definition) is 0. The number of aryl methyl sites for hydroxylation is 3. The minimum atomic E-state index is 0.708. The van der Waals surface area contributed by atoms with Gasteiger partial charge in [-0.25, -0.2) is 4.98 Å². The maximum Gasteiger partial charge on any atom is 0.191 e. The topological polar surface area (TPSA) is 26.0 Å². The van der Waals surface area contributed by atoms with Crippen molar-refractivity contribution in [2.45, 2.75) is 20.8 Å². The highest BCUT2D eigenvalue weighted by molar-refractivity contribution is 5.61. The number of oxazole rings is 1. The molecular weight excluding hydrogens is 174 g/mol. The predicted molar refractivity (Wildman–Crippen MR) is 56.2 cm³/mol. The van der Waals surface area contributed by atoms with Crippen LogP contribution < -0.4 is 0 Å². The molecule has 1 aromatic heterocycles. The van der Waals surface area contributed by atoms with Crippen LogP contribution in [0.5, 0.6) is 0 Å². The molecule has 0 radical (unpaired) electrons. The van der Waals surface area contributed by atoms with Gasteiger partial charge in [0, 0.05) is 12.5 Å². The molecule has 2 nitrogen and oxygen atoms in total. The average Bonchev–Trinajstić information content (AvgIpc) is 2.51. The van der Waals surface area contributed by atoms with Crippen LogP contribution in [0.25, 0.3) is 11.3 Å². The first kappa shape index (κ1) is 9.00. The summed E-state index contributed by atoms with van der Waals surface area (Å²) in [4.78, 5) is 4.09. The summed E-state index contributed by atoms with van der Waals surface area (Å²) in [6.07, 6.45) is 1.77. The van der Waals surface area contributed by atoms with Crippen LogP contribution in [0.2, 0.25) is 0 Å². The average molecular weight is 187 g/mol. The molecule has 14 heavy (non-hydrogen) atoms. The highest BCUT2D eigenvalue weighted by Crippen LogP contribution is 2.24. The van der Waals surface area contributed by atoms with E-state index in [9.17, 15) is 0 Å². The van der Waals surface area contributed by atoms with E-state index in [1.54, 1.807) is 6.20 Å². The van der Waals surface area contributed by atoms with Crippen LogP contribution in [0.3, 0.4) is 0 Å². The second-order valence-electron chi connectivity index (χ2n) is 3.56. The second kappa shape index (κ2) is 3.29. The Morgan fingerprint density at radius 3 is 2.50 bits per heavy atom. The molecule has 1 aromatic carbocycles. The van der Waals surface area contributed by atoms with Crippen molar-refractivity contribution < 1.29 is 4.42 Å². The summed E-state index contributed by atoms with van der Waals surface area (Å²) in [5.74, 6) is 1.56. The Kier molecular flexibility index (Phi) is 2.12. The Labute approximate surface area is 83.6 Å². The van der Waals surface area contributed by atoms with E-state index in [-0.39, 0.29) is 0 Å². The van der Waals surface area contributed by atoms with Crippen molar-refractivity contribution in [2.24, 2.45) is 0 Å². The molecule has 0 N–H and O–H groups in total. The Morgan fingerprint density at radius 2 is 1.93 bits per heavy atom. The van der Waals surface area contributed by atoms with E-state index in [4.69, 9.17) is 4.42 Å². The van der Waals surface area contributed by atoms with E-state index in [2.05, 4.69) is 37.0 Å². The van der Waals surface area contributed by atoms with Gasteiger partial charge in [0.2, 0.25) is 0 Å². The molecule has 72 valence electrons. The number of hydrogen-bond acceptors (Lipinski definition) is 2. The molecule has 0 amide bonds. The molecule has 2 aromatic rings. The van der Waals surface area contributed by atoms with E-state index in [0.717, 1.165) is 11.3 Å². The Balaban J connectivity index is 2.52. The van der Waals surface area contributed by atoms with Crippen molar-refractivity contribution in [1.82, 2.24) is 4.98 Å². The zero-order valence-electron chi connectivity index (χ0n) is 8.66. The largest absolute Gasteiger partial charge is 0.441 e. The molecule has 0 aliphatic heterocycles. The fraction of sp³-hybridized carbons (Fsp3) is 0.250. The zero-order chi connectivity index (χ0) is 10.1. The van der Waals surface area contributed by atoms with E-state index in [0.29, 0.717) is 5.89 Å². The van der Waals surface area contributed by atoms with Gasteiger partial charge in [0.1, 0.15) is 0 Å². The Hall–Kier alpha value is -1.57. The standard InChI is InChI=1S/C12H13NO/c1-8-4-5-11(9(2)6-8)12-7-13-10(3)14-12/h4-7H,1-3H3. The first-order valence-electron chi connectivity index (χ1n) is 4.67. The molecule has 0 aliphatic carbocycles. The summed E-state index contributed by atoms with van der Waals surface area (Å²) in [5, 5.41) is 0. The van der Waals surface area contributed by atoms with E-state index in [1.165, 1.54) is 11.1 Å². The number of benzene rings is 1. The van der Waals surface area contributed by atoms with Crippen LogP contribution in [0, 0.1) is 20.8 Å². The van der Waals surface area contributed by atoms with Crippen molar-refractivity contribution in [3.05, 3.63) is 41.4 Å². The first-order valence-corrected chi connectivity index (χ1v) is 4.67. The summed E-state index contributed by atoms with van der Waals surface area (Å²) < 4.78 is 5.48. The van der Waals surface area contributed by atoms with Gasteiger partial charge >= 0.3 is 0 Å². The van der Waals surface area contributed by atoms with Crippen LogP contribution in [-0.4, -0.2) is 4.98 Å². The number of aromatic nitrogens is 1. The molecule has 0 aliphatic rings. The van der Waals surface area contributed by atoms with Crippen molar-refractivity contribution in [2.75, 3.05) is 0 Å². The lowest BCUT2D eigenvalue weighted by molar-refractivity contribution is 0.534. The summed E-state index contributed by atoms with van der Waals surface area (Å²) in [7, 11) is 0. The van der Waals surface area contributed by atoms with Crippen molar-refractivity contribution in [3.63, 3.8) is 0 Å². The third kappa shape index (κ3) is 1.55. The summed E-state index contributed by atoms with van der Waals surface area (Å²) in [6.45, 7) is 6.02. The molecule has 0 unspecified atom stereocenters. The van der Waals surface area contributed by atoms with Gasteiger partial charge in [-0.1, -0.05) is 23.8 Å². The lowest BCUT2D eigenvalue weighted by atomic mass is 10.0. The predicted octanol–water partition coefficient (Wildman–Crippen LogP) is 3.27. The fourth-order valence-electron chi connectivity index (χ4n) is 1.58. The van der Waals surface area contributed by atoms with Crippen molar-refractivity contribution in [3.8, 4) is 11.3 Å². The van der Waals surface area contributed by atoms with E-state index < -0.39 is 0 Å². The van der Waals surface area contributed by atoms with Crippen LogP contribution in [-0.2, 0) is 0 Å². The highest BCUT2D eigenvalue weighted by atomic mass is 16.4. The summed E-state index contributed by atoms with van der Waals surface area (Å²) >= 11 is 0. The third-order valence-corrected chi connectivity index (χ3v) is 2.27. The molecular formula is C12H13NO. The van der Waals surface area contributed by atoms with Gasteiger partial charge in [0.25, 0.3) is 0 Å². The third-order valence-electron chi connectivity index (χ3n) is 2.27. The van der Waals surface area contributed by atoms with Crippen molar-refractivity contribution >= 4 is 0 Å². The number of rotatable bonds is 1. The lowest BCUT2D eigenvalue weighted by Crippen LogP contribution is -1.82. The Bertz CT molecular complexity index is 457. The zero-order valence-corrected chi connectivity index (χ0v) is 8.66. The Morgan fingerprint density at radius 1 is 1.14 bits per heavy atom. The molecule has 0 bridgehead atoms. The molecule has 0 saturated carbocycles. The summed E-state index contributed by atoms with van der Waals surface area (Å²) in [5.41, 5.74) is 3.61. The minimum absolute atomic E-state index is 0.708. The molecule has 0 saturated heterocycles. The van der Waals surface area contributed by atoms with Gasteiger partial charge in [-0.05, 0) is 19.4 Å². The molecule has 2 heteroatoms. The fourth-order valence-corrected chi connectivity index (χ4v) is 1.58. The van der Waals surface area contributed by atoms with Crippen molar-refractivity contribution in [1.29, 1.82) is 0 Å². The van der Waals surface area contributed by atoms with Gasteiger partial charge in [-0.15, -0.1) is 0 Å². The van der Waals surface area contributed by atoms with Crippen LogP contribution >= 0.6 is 0 Å². The highest BCUT2D eigenvalue weighted by Gasteiger charge is 2.06. The van der Waals surface area contributed by atoms with Crippen LogP contribution in [0.4, 0.5) is 0 Å². The maximum absolute atomic E-state index is 5.48. The smallest absolute Gasteiger partial charge is 0.191 e. The van der Waals surface area contributed by atoms with Gasteiger partial charge < -0.3 is 4.42 Å². The molecule has 0 atom stereocenters. The molecule has 0 fully saturated rings. The first-order chi connectivity index (χ1) is 6.66. The van der Waals surface area contributed by atoms with E-state index >= 15 is 0 Å². The number of nitrogens with zero attached hydrogens (tertiary/aromatic N) is 1. The van der Waals surface area contributed by atoms with Gasteiger partial charge in [-0.2, -0.15) is 0 Å². The van der Waals surface area contributed by atoms with Gasteiger partial charge in [0.05, 0.1) is 6.20 Å². The van der Waals surface area contributed by atoms with E-state index in [1.807, 2.05) is 6.92 Å². The SMILES string of the molecule is Cc1ccc(-c2cnc(C)o2)c(C)c1.